The van der Waals surface area contributed by atoms with E-state index in [1.165, 1.54) is 47.8 Å². The van der Waals surface area contributed by atoms with Gasteiger partial charge in [0.25, 0.3) is 0 Å². The van der Waals surface area contributed by atoms with Crippen LogP contribution in [0, 0.1) is 5.92 Å². The van der Waals surface area contributed by atoms with Crippen molar-refractivity contribution < 1.29 is 35.9 Å². The monoisotopic (exact) mass is 484 g/mol. The fraction of sp³-hybridized carbons (Fsp3) is 0.364. The van der Waals surface area contributed by atoms with E-state index in [0.717, 1.165) is 12.1 Å². The Balaban J connectivity index is 1.65. The quantitative estimate of drug-likeness (QED) is 0.634. The van der Waals surface area contributed by atoms with E-state index in [9.17, 15) is 31.2 Å². The second kappa shape index (κ2) is 9.92. The summed E-state index contributed by atoms with van der Waals surface area (Å²) in [4.78, 5) is 24.0. The lowest BCUT2D eigenvalue weighted by Crippen LogP contribution is -2.42. The zero-order valence-corrected chi connectivity index (χ0v) is 18.6. The first kappa shape index (κ1) is 24.7. The maximum atomic E-state index is 12.9. The molecule has 7 nitrogen and oxygen atoms in total. The van der Waals surface area contributed by atoms with Crippen molar-refractivity contribution in [2.24, 2.45) is 5.92 Å². The van der Waals surface area contributed by atoms with Crippen molar-refractivity contribution in [3.63, 3.8) is 0 Å². The number of carbonyl (C=O) groups is 2. The number of nitrogens with one attached hydrogen (secondary N) is 1. The molecule has 0 saturated carbocycles. The first-order valence-electron chi connectivity index (χ1n) is 10.1. The summed E-state index contributed by atoms with van der Waals surface area (Å²) in [6.45, 7) is 0.315. The van der Waals surface area contributed by atoms with Crippen molar-refractivity contribution in [2.45, 2.75) is 30.3 Å². The van der Waals surface area contributed by atoms with Gasteiger partial charge in [0.15, 0.2) is 0 Å². The number of sulfonamides is 1. The number of ether oxygens (including phenoxy) is 1. The summed E-state index contributed by atoms with van der Waals surface area (Å²) in [6, 6.07) is 9.96. The van der Waals surface area contributed by atoms with Gasteiger partial charge in [0.1, 0.15) is 0 Å². The first-order valence-corrected chi connectivity index (χ1v) is 11.6. The molecule has 1 N–H and O–H groups in total. The van der Waals surface area contributed by atoms with Crippen molar-refractivity contribution in [1.29, 1.82) is 0 Å². The van der Waals surface area contributed by atoms with E-state index in [1.54, 1.807) is 0 Å². The Morgan fingerprint density at radius 2 is 1.85 bits per heavy atom. The van der Waals surface area contributed by atoms with E-state index in [1.807, 2.05) is 0 Å². The predicted molar refractivity (Wildman–Crippen MR) is 114 cm³/mol. The summed E-state index contributed by atoms with van der Waals surface area (Å²) in [5, 5.41) is 2.55. The SMILES string of the molecule is COC(=O)[C@H]1CCCN(S(=O)(=O)c2ccc(NC(=O)Cc3cccc(C(F)(F)F)c3)cc2)C1. The molecule has 0 bridgehead atoms. The predicted octanol–water partition coefficient (Wildman–Crippen LogP) is 3.46. The van der Waals surface area contributed by atoms with E-state index >= 15 is 0 Å². The molecule has 0 aliphatic carbocycles. The van der Waals surface area contributed by atoms with Gasteiger partial charge in [0.05, 0.1) is 29.9 Å². The fourth-order valence-electron chi connectivity index (χ4n) is 3.63. The minimum Gasteiger partial charge on any atom is -0.469 e. The molecule has 1 fully saturated rings. The highest BCUT2D eigenvalue weighted by molar-refractivity contribution is 7.89. The molecule has 0 unspecified atom stereocenters. The number of carbonyl (C=O) groups excluding carboxylic acids is 2. The summed E-state index contributed by atoms with van der Waals surface area (Å²) < 4.78 is 70.3. The van der Waals surface area contributed by atoms with Crippen LogP contribution in [-0.2, 0) is 36.9 Å². The van der Waals surface area contributed by atoms with Gasteiger partial charge in [-0.25, -0.2) is 8.42 Å². The molecule has 1 atom stereocenters. The molecule has 3 rings (SSSR count). The lowest BCUT2D eigenvalue weighted by atomic mass is 10.0. The van der Waals surface area contributed by atoms with Gasteiger partial charge in [-0.3, -0.25) is 9.59 Å². The Morgan fingerprint density at radius 1 is 1.15 bits per heavy atom. The zero-order valence-electron chi connectivity index (χ0n) is 17.8. The smallest absolute Gasteiger partial charge is 0.416 e. The molecule has 0 spiro atoms. The third kappa shape index (κ3) is 6.11. The van der Waals surface area contributed by atoms with Crippen LogP contribution >= 0.6 is 0 Å². The summed E-state index contributed by atoms with van der Waals surface area (Å²) in [6.07, 6.45) is -3.69. The average Bonchev–Trinajstić information content (AvgIpc) is 2.78. The Hall–Kier alpha value is -2.92. The highest BCUT2D eigenvalue weighted by Gasteiger charge is 2.34. The third-order valence-corrected chi connectivity index (χ3v) is 7.19. The maximum absolute atomic E-state index is 12.9. The normalized spacial score (nSPS) is 17.4. The van der Waals surface area contributed by atoms with Crippen molar-refractivity contribution in [2.75, 3.05) is 25.5 Å². The molecule has 2 aromatic rings. The molecule has 0 radical (unpaired) electrons. The van der Waals surface area contributed by atoms with Crippen LogP contribution in [-0.4, -0.2) is 44.8 Å². The van der Waals surface area contributed by atoms with Gasteiger partial charge in [-0.1, -0.05) is 18.2 Å². The number of esters is 1. The molecule has 1 amide bonds. The van der Waals surface area contributed by atoms with Crippen LogP contribution in [0.2, 0.25) is 0 Å². The van der Waals surface area contributed by atoms with Crippen LogP contribution < -0.4 is 5.32 Å². The van der Waals surface area contributed by atoms with Crippen molar-refractivity contribution in [1.82, 2.24) is 4.31 Å². The minimum absolute atomic E-state index is 0.00360. The number of anilines is 1. The number of piperidine rings is 1. The fourth-order valence-corrected chi connectivity index (χ4v) is 5.15. The van der Waals surface area contributed by atoms with Crippen molar-refractivity contribution in [3.05, 3.63) is 59.7 Å². The number of halogens is 3. The average molecular weight is 484 g/mol. The summed E-state index contributed by atoms with van der Waals surface area (Å²) in [5.74, 6) is -1.51. The maximum Gasteiger partial charge on any atom is 0.416 e. The number of methoxy groups -OCH3 is 1. The lowest BCUT2D eigenvalue weighted by Gasteiger charge is -2.30. The highest BCUT2D eigenvalue weighted by Crippen LogP contribution is 2.30. The third-order valence-electron chi connectivity index (χ3n) is 5.31. The van der Waals surface area contributed by atoms with E-state index in [0.29, 0.717) is 18.5 Å². The van der Waals surface area contributed by atoms with Crippen LogP contribution in [0.1, 0.15) is 24.0 Å². The van der Waals surface area contributed by atoms with Gasteiger partial charge in [0, 0.05) is 18.8 Å². The van der Waals surface area contributed by atoms with Crippen molar-refractivity contribution >= 4 is 27.6 Å². The van der Waals surface area contributed by atoms with Gasteiger partial charge in [0.2, 0.25) is 15.9 Å². The summed E-state index contributed by atoms with van der Waals surface area (Å²) in [5.41, 5.74) is -0.335. The summed E-state index contributed by atoms with van der Waals surface area (Å²) >= 11 is 0. The topological polar surface area (TPSA) is 92.8 Å². The standard InChI is InChI=1S/C22H23F3N2O5S/c1-32-21(29)16-5-3-11-27(14-16)33(30,31)19-9-7-18(8-10-19)26-20(28)13-15-4-2-6-17(12-15)22(23,24)25/h2,4,6-10,12,16H,3,5,11,13-14H2,1H3,(H,26,28)/t16-/m0/s1. The molecule has 33 heavy (non-hydrogen) atoms. The molecule has 1 aliphatic rings. The van der Waals surface area contributed by atoms with E-state index in [2.05, 4.69) is 5.32 Å². The molecule has 1 heterocycles. The Kier molecular flexibility index (Phi) is 7.43. The van der Waals surface area contributed by atoms with Crippen LogP contribution in [0.15, 0.2) is 53.4 Å². The number of nitrogens with zero attached hydrogens (tertiary/aromatic N) is 1. The Morgan fingerprint density at radius 3 is 2.48 bits per heavy atom. The Bertz CT molecular complexity index is 1120. The van der Waals surface area contributed by atoms with Crippen LogP contribution in [0.25, 0.3) is 0 Å². The number of rotatable bonds is 6. The van der Waals surface area contributed by atoms with Crippen molar-refractivity contribution in [3.8, 4) is 0 Å². The van der Waals surface area contributed by atoms with Gasteiger partial charge in [-0.05, 0) is 48.7 Å². The number of benzene rings is 2. The Labute approximate surface area is 189 Å². The number of amides is 1. The molecule has 2 aromatic carbocycles. The van der Waals surface area contributed by atoms with E-state index < -0.39 is 39.6 Å². The van der Waals surface area contributed by atoms with Gasteiger partial charge in [-0.15, -0.1) is 0 Å². The van der Waals surface area contributed by atoms with Gasteiger partial charge >= 0.3 is 12.1 Å². The number of alkyl halides is 3. The van der Waals surface area contributed by atoms with Gasteiger partial charge in [-0.2, -0.15) is 17.5 Å². The second-order valence-electron chi connectivity index (χ2n) is 7.67. The molecule has 178 valence electrons. The van der Waals surface area contributed by atoms with E-state index in [-0.39, 0.29) is 30.0 Å². The molecular formula is C22H23F3N2O5S. The summed E-state index contributed by atoms with van der Waals surface area (Å²) in [7, 11) is -2.58. The van der Waals surface area contributed by atoms with Crippen LogP contribution in [0.5, 0.6) is 0 Å². The molecule has 0 aromatic heterocycles. The minimum atomic E-state index is -4.50. The van der Waals surface area contributed by atoms with E-state index in [4.69, 9.17) is 4.74 Å². The molecule has 11 heteroatoms. The first-order chi connectivity index (χ1) is 15.5. The van der Waals surface area contributed by atoms with Gasteiger partial charge < -0.3 is 10.1 Å². The lowest BCUT2D eigenvalue weighted by molar-refractivity contribution is -0.146. The van der Waals surface area contributed by atoms with Crippen LogP contribution in [0.3, 0.4) is 0 Å². The second-order valence-corrected chi connectivity index (χ2v) is 9.61. The molecular weight excluding hydrogens is 461 g/mol. The molecule has 1 aliphatic heterocycles. The number of hydrogen-bond acceptors (Lipinski definition) is 5. The zero-order chi connectivity index (χ0) is 24.2. The largest absolute Gasteiger partial charge is 0.469 e. The molecule has 1 saturated heterocycles. The highest BCUT2D eigenvalue weighted by atomic mass is 32.2. The van der Waals surface area contributed by atoms with Crippen LogP contribution in [0.4, 0.5) is 18.9 Å². The number of hydrogen-bond donors (Lipinski definition) is 1.